The monoisotopic (exact) mass is 540 g/mol. The number of hydrogen-bond donors (Lipinski definition) is 0. The number of carbonyl (C=O) groups is 3. The normalized spacial score (nSPS) is 14.9. The Morgan fingerprint density at radius 1 is 1.06 bits per heavy atom. The first kappa shape index (κ1) is 24.2. The lowest BCUT2D eigenvalue weighted by atomic mass is 10.1. The first-order valence-electron chi connectivity index (χ1n) is 10.8. The van der Waals surface area contributed by atoms with Gasteiger partial charge in [0.1, 0.15) is 5.76 Å². The number of thioether (sulfide) groups is 1. The predicted molar refractivity (Wildman–Crippen MR) is 139 cm³/mol. The lowest BCUT2D eigenvalue weighted by Crippen LogP contribution is -2.27. The molecule has 10 heteroatoms. The largest absolute Gasteiger partial charge is 0.463 e. The Morgan fingerprint density at radius 2 is 1.86 bits per heavy atom. The Balaban J connectivity index is 1.42. The second-order valence-electron chi connectivity index (χ2n) is 8.00. The van der Waals surface area contributed by atoms with Gasteiger partial charge in [0.2, 0.25) is 5.76 Å². The highest BCUT2D eigenvalue weighted by Gasteiger charge is 2.36. The molecular formula is C26H18Cl2N2O5S. The molecule has 36 heavy (non-hydrogen) atoms. The summed E-state index contributed by atoms with van der Waals surface area (Å²) in [5.41, 5.74) is 2.75. The molecule has 0 spiro atoms. The average molecular weight is 541 g/mol. The van der Waals surface area contributed by atoms with Gasteiger partial charge in [-0.25, -0.2) is 4.79 Å². The Hall–Kier alpha value is -3.46. The molecule has 2 aromatic carbocycles. The van der Waals surface area contributed by atoms with Gasteiger partial charge < -0.3 is 13.7 Å². The number of amides is 2. The van der Waals surface area contributed by atoms with E-state index in [0.717, 1.165) is 38.7 Å². The van der Waals surface area contributed by atoms with Gasteiger partial charge >= 0.3 is 5.97 Å². The van der Waals surface area contributed by atoms with Gasteiger partial charge in [-0.15, -0.1) is 0 Å². The number of para-hydroxylation sites is 1. The van der Waals surface area contributed by atoms with Gasteiger partial charge in [-0.1, -0.05) is 47.5 Å². The minimum absolute atomic E-state index is 0.00444. The zero-order valence-electron chi connectivity index (χ0n) is 18.9. The molecule has 0 N–H and O–H groups in total. The van der Waals surface area contributed by atoms with Crippen molar-refractivity contribution in [2.45, 2.75) is 13.1 Å². The van der Waals surface area contributed by atoms with Crippen molar-refractivity contribution in [3.8, 4) is 0 Å². The number of hydrogen-bond acceptors (Lipinski definition) is 6. The van der Waals surface area contributed by atoms with Crippen molar-refractivity contribution in [1.82, 2.24) is 9.47 Å². The van der Waals surface area contributed by atoms with E-state index in [2.05, 4.69) is 9.30 Å². The number of esters is 1. The zero-order chi connectivity index (χ0) is 25.4. The topological polar surface area (TPSA) is 81.8 Å². The summed E-state index contributed by atoms with van der Waals surface area (Å²) in [5, 5.41) is 1.50. The van der Waals surface area contributed by atoms with E-state index in [-0.39, 0.29) is 12.3 Å². The van der Waals surface area contributed by atoms with Gasteiger partial charge in [-0.2, -0.15) is 0 Å². The van der Waals surface area contributed by atoms with Crippen molar-refractivity contribution >= 4 is 69.1 Å². The number of methoxy groups -OCH3 is 1. The average Bonchev–Trinajstić information content (AvgIpc) is 3.55. The van der Waals surface area contributed by atoms with Crippen LogP contribution < -0.4 is 0 Å². The van der Waals surface area contributed by atoms with E-state index in [1.165, 1.54) is 19.2 Å². The molecule has 0 unspecified atom stereocenters. The molecular weight excluding hydrogens is 523 g/mol. The van der Waals surface area contributed by atoms with Crippen LogP contribution in [0.25, 0.3) is 17.0 Å². The number of nitrogens with zero attached hydrogens (tertiary/aromatic N) is 2. The second-order valence-corrected chi connectivity index (χ2v) is 9.81. The molecule has 4 aromatic rings. The molecule has 2 amide bonds. The minimum Gasteiger partial charge on any atom is -0.463 e. The highest BCUT2D eigenvalue weighted by molar-refractivity contribution is 8.18. The third kappa shape index (κ3) is 4.67. The van der Waals surface area contributed by atoms with E-state index >= 15 is 0 Å². The molecule has 1 aliphatic heterocycles. The van der Waals surface area contributed by atoms with Crippen LogP contribution >= 0.6 is 35.0 Å². The van der Waals surface area contributed by atoms with Crippen LogP contribution in [0.3, 0.4) is 0 Å². The van der Waals surface area contributed by atoms with E-state index in [1.54, 1.807) is 12.1 Å². The fourth-order valence-corrected chi connectivity index (χ4v) is 5.11. The number of furan rings is 1. The maximum atomic E-state index is 13.1. The standard InChI is InChI=1S/C26H18Cl2N2O5S/c1-34-25(32)22-9-7-17(35-22)14-30-24(31)23(36-26(30)33)11-16-13-29(21-5-3-2-4-18(16)21)12-15-6-8-19(27)20(28)10-15/h2-11,13H,12,14H2,1H3/b23-11+. The molecule has 0 aliphatic carbocycles. The van der Waals surface area contributed by atoms with Gasteiger partial charge in [0.25, 0.3) is 11.1 Å². The molecule has 2 aromatic heterocycles. The maximum Gasteiger partial charge on any atom is 0.373 e. The summed E-state index contributed by atoms with van der Waals surface area (Å²) in [6.45, 7) is 0.464. The van der Waals surface area contributed by atoms with Crippen LogP contribution in [0.4, 0.5) is 4.79 Å². The quantitative estimate of drug-likeness (QED) is 0.202. The number of imide groups is 1. The van der Waals surface area contributed by atoms with Gasteiger partial charge in [0.05, 0.1) is 28.6 Å². The van der Waals surface area contributed by atoms with Crippen molar-refractivity contribution in [1.29, 1.82) is 0 Å². The van der Waals surface area contributed by atoms with Gasteiger partial charge in [-0.3, -0.25) is 14.5 Å². The maximum absolute atomic E-state index is 13.1. The molecule has 7 nitrogen and oxygen atoms in total. The number of ether oxygens (including phenoxy) is 1. The first-order chi connectivity index (χ1) is 17.3. The zero-order valence-corrected chi connectivity index (χ0v) is 21.2. The molecule has 5 rings (SSSR count). The number of benzene rings is 2. The van der Waals surface area contributed by atoms with E-state index in [1.807, 2.05) is 42.6 Å². The molecule has 0 radical (unpaired) electrons. The van der Waals surface area contributed by atoms with Crippen molar-refractivity contribution in [2.24, 2.45) is 0 Å². The fraction of sp³-hybridized carbons (Fsp3) is 0.115. The van der Waals surface area contributed by atoms with Crippen LogP contribution in [0.5, 0.6) is 0 Å². The minimum atomic E-state index is -0.632. The smallest absolute Gasteiger partial charge is 0.373 e. The van der Waals surface area contributed by atoms with Crippen LogP contribution in [0, 0.1) is 0 Å². The summed E-state index contributed by atoms with van der Waals surface area (Å²) in [5.74, 6) is -0.753. The van der Waals surface area contributed by atoms with Gasteiger partial charge in [-0.05, 0) is 53.7 Å². The summed E-state index contributed by atoms with van der Waals surface area (Å²) in [6.07, 6.45) is 3.66. The van der Waals surface area contributed by atoms with Crippen molar-refractivity contribution in [2.75, 3.05) is 7.11 Å². The van der Waals surface area contributed by atoms with E-state index in [9.17, 15) is 14.4 Å². The lowest BCUT2D eigenvalue weighted by molar-refractivity contribution is -0.123. The van der Waals surface area contributed by atoms with Crippen LogP contribution in [0.1, 0.15) is 27.4 Å². The summed E-state index contributed by atoms with van der Waals surface area (Å²) in [7, 11) is 1.24. The van der Waals surface area contributed by atoms with Gasteiger partial charge in [0, 0.05) is 29.2 Å². The number of aromatic nitrogens is 1. The lowest BCUT2D eigenvalue weighted by Gasteiger charge is -2.09. The number of rotatable bonds is 6. The molecule has 1 fully saturated rings. The van der Waals surface area contributed by atoms with Crippen molar-refractivity contribution < 1.29 is 23.5 Å². The molecule has 1 aliphatic rings. The Labute approximate surface area is 220 Å². The number of halogens is 2. The van der Waals surface area contributed by atoms with E-state index in [0.29, 0.717) is 27.3 Å². The predicted octanol–water partition coefficient (Wildman–Crippen LogP) is 6.61. The summed E-state index contributed by atoms with van der Waals surface area (Å²) in [6, 6.07) is 16.3. The molecule has 182 valence electrons. The molecule has 0 saturated carbocycles. The Bertz CT molecular complexity index is 1550. The first-order valence-corrected chi connectivity index (χ1v) is 12.4. The van der Waals surface area contributed by atoms with Crippen molar-refractivity contribution in [3.05, 3.63) is 98.4 Å². The van der Waals surface area contributed by atoms with E-state index in [4.69, 9.17) is 27.6 Å². The van der Waals surface area contributed by atoms with Crippen molar-refractivity contribution in [3.63, 3.8) is 0 Å². The molecule has 3 heterocycles. The SMILES string of the molecule is COC(=O)c1ccc(CN2C(=O)S/C(=C/c3cn(Cc4ccc(Cl)c(Cl)c4)c4ccccc34)C2=O)o1. The molecule has 1 saturated heterocycles. The Kier molecular flexibility index (Phi) is 6.66. The summed E-state index contributed by atoms with van der Waals surface area (Å²) >= 11 is 13.1. The molecule has 0 atom stereocenters. The third-order valence-electron chi connectivity index (χ3n) is 5.68. The number of fused-ring (bicyclic) bond motifs is 1. The van der Waals surface area contributed by atoms with Crippen LogP contribution in [-0.4, -0.2) is 33.7 Å². The number of carbonyl (C=O) groups excluding carboxylic acids is 3. The van der Waals surface area contributed by atoms with Crippen LogP contribution in [0.2, 0.25) is 10.0 Å². The van der Waals surface area contributed by atoms with Crippen LogP contribution in [-0.2, 0) is 22.6 Å². The highest BCUT2D eigenvalue weighted by atomic mass is 35.5. The Morgan fingerprint density at radius 3 is 2.64 bits per heavy atom. The third-order valence-corrected chi connectivity index (χ3v) is 7.33. The summed E-state index contributed by atoms with van der Waals surface area (Å²) < 4.78 is 12.1. The molecule has 0 bridgehead atoms. The summed E-state index contributed by atoms with van der Waals surface area (Å²) in [4.78, 5) is 38.7. The van der Waals surface area contributed by atoms with Gasteiger partial charge in [0.15, 0.2) is 0 Å². The fourth-order valence-electron chi connectivity index (χ4n) is 3.96. The second kappa shape index (κ2) is 9.89. The van der Waals surface area contributed by atoms with E-state index < -0.39 is 17.1 Å². The highest BCUT2D eigenvalue weighted by Crippen LogP contribution is 2.35. The van der Waals surface area contributed by atoms with Crippen LogP contribution in [0.15, 0.2) is 70.1 Å².